The molecule has 1 aliphatic rings. The molecule has 0 bridgehead atoms. The second-order valence-electron chi connectivity index (χ2n) is 8.14. The summed E-state index contributed by atoms with van der Waals surface area (Å²) in [5.41, 5.74) is -1.42. The average molecular weight is 518 g/mol. The number of phenolic OH excluding ortho intramolecular Hbond substituents is 3. The molecule has 0 spiro atoms. The molecule has 4 rings (SSSR count). The highest BCUT2D eigenvalue weighted by Gasteiger charge is 2.46. The summed E-state index contributed by atoms with van der Waals surface area (Å²) in [5, 5.41) is 50.6. The molecule has 13 heteroatoms. The Morgan fingerprint density at radius 2 is 1.57 bits per heavy atom. The van der Waals surface area contributed by atoms with Gasteiger partial charge in [-0.1, -0.05) is 0 Å². The molecule has 0 unspecified atom stereocenters. The number of aromatic hydroxyl groups is 4. The lowest BCUT2D eigenvalue weighted by Crippen LogP contribution is -2.58. The Morgan fingerprint density at radius 3 is 2.19 bits per heavy atom. The summed E-state index contributed by atoms with van der Waals surface area (Å²) in [4.78, 5) is 36.3. The quantitative estimate of drug-likeness (QED) is 0.302. The Hall–Kier alpha value is -4.49. The lowest BCUT2D eigenvalue weighted by molar-refractivity contribution is -0.256. The lowest BCUT2D eigenvalue weighted by Gasteiger charge is -2.38. The molecule has 13 nitrogen and oxygen atoms in total. The number of phenols is 3. The van der Waals surface area contributed by atoms with Crippen molar-refractivity contribution in [1.82, 2.24) is 0 Å². The second-order valence-corrected chi connectivity index (χ2v) is 8.14. The molecule has 1 fully saturated rings. The summed E-state index contributed by atoms with van der Waals surface area (Å²) in [7, 11) is 0. The van der Waals surface area contributed by atoms with E-state index < -0.39 is 82.5 Å². The van der Waals surface area contributed by atoms with Gasteiger partial charge in [0.15, 0.2) is 23.2 Å². The Bertz CT molecular complexity index is 1410. The first kappa shape index (κ1) is 25.6. The molecule has 2 aromatic carbocycles. The number of esters is 2. The van der Waals surface area contributed by atoms with Crippen molar-refractivity contribution in [2.75, 3.05) is 6.61 Å². The van der Waals surface area contributed by atoms with Crippen molar-refractivity contribution in [2.45, 2.75) is 38.4 Å². The average Bonchev–Trinajstić information content (AvgIpc) is 2.82. The van der Waals surface area contributed by atoms with Crippen LogP contribution in [0.25, 0.3) is 22.3 Å². The number of hydrogen-bond acceptors (Lipinski definition) is 13. The molecule has 2 heterocycles. The zero-order valence-electron chi connectivity index (χ0n) is 19.4. The normalized spacial score (nSPS) is 21.4. The molecule has 0 amide bonds. The molecule has 0 radical (unpaired) electrons. The fourth-order valence-electron chi connectivity index (χ4n) is 3.85. The van der Waals surface area contributed by atoms with E-state index in [2.05, 4.69) is 0 Å². The highest BCUT2D eigenvalue weighted by molar-refractivity contribution is 5.93. The van der Waals surface area contributed by atoms with Gasteiger partial charge in [0.2, 0.25) is 29.3 Å². The van der Waals surface area contributed by atoms with Gasteiger partial charge >= 0.3 is 11.9 Å². The number of aliphatic hydroxyl groups is 1. The summed E-state index contributed by atoms with van der Waals surface area (Å²) < 4.78 is 27.1. The van der Waals surface area contributed by atoms with Crippen molar-refractivity contribution >= 4 is 22.9 Å². The number of carbonyl (C=O) groups is 2. The van der Waals surface area contributed by atoms with Crippen LogP contribution in [0.1, 0.15) is 13.8 Å². The van der Waals surface area contributed by atoms with Gasteiger partial charge in [-0.25, -0.2) is 0 Å². The smallest absolute Gasteiger partial charge is 0.303 e. The zero-order chi connectivity index (χ0) is 27.0. The molecular weight excluding hydrogens is 496 g/mol. The highest BCUT2D eigenvalue weighted by atomic mass is 16.7. The molecule has 1 aromatic heterocycles. The molecule has 0 aliphatic carbocycles. The third-order valence-electron chi connectivity index (χ3n) is 5.43. The fourth-order valence-corrected chi connectivity index (χ4v) is 3.85. The number of rotatable bonds is 5. The second kappa shape index (κ2) is 9.87. The van der Waals surface area contributed by atoms with Gasteiger partial charge < -0.3 is 48.9 Å². The van der Waals surface area contributed by atoms with Crippen LogP contribution in [0.3, 0.4) is 0 Å². The maximum absolute atomic E-state index is 12.9. The van der Waals surface area contributed by atoms with E-state index >= 15 is 0 Å². The van der Waals surface area contributed by atoms with E-state index in [-0.39, 0.29) is 17.1 Å². The summed E-state index contributed by atoms with van der Waals surface area (Å²) in [6, 6.07) is 5.99. The summed E-state index contributed by atoms with van der Waals surface area (Å²) in [6.45, 7) is 1.71. The molecule has 3 aromatic rings. The standard InChI is InChI=1S/C24H22O13/c1-9(25)34-21-15(30)8-33-24(23(21)35-10(2)26)37-20-14(29)7-13(28)16-17(31)18(32)19(36-22(16)20)11-3-5-12(27)6-4-11/h3-7,15,21,23-24,27-30,32H,8H2,1-2H3/t15-,21+,23+,24+/m1/s1. The van der Waals surface area contributed by atoms with E-state index in [1.54, 1.807) is 0 Å². The van der Waals surface area contributed by atoms with Crippen LogP contribution in [-0.2, 0) is 23.8 Å². The van der Waals surface area contributed by atoms with Crippen LogP contribution in [0, 0.1) is 0 Å². The number of ether oxygens (including phenoxy) is 4. The third-order valence-corrected chi connectivity index (χ3v) is 5.43. The number of fused-ring (bicyclic) bond motifs is 1. The summed E-state index contributed by atoms with van der Waals surface area (Å²) in [5.74, 6) is -4.98. The maximum atomic E-state index is 12.9. The van der Waals surface area contributed by atoms with Gasteiger partial charge in [0, 0.05) is 25.5 Å². The van der Waals surface area contributed by atoms with Crippen molar-refractivity contribution in [3.05, 3.63) is 40.6 Å². The maximum Gasteiger partial charge on any atom is 0.303 e. The van der Waals surface area contributed by atoms with Gasteiger partial charge in [0.1, 0.15) is 23.0 Å². The molecule has 37 heavy (non-hydrogen) atoms. The minimum absolute atomic E-state index is 0.0961. The largest absolute Gasteiger partial charge is 0.508 e. The minimum atomic E-state index is -1.59. The van der Waals surface area contributed by atoms with Crippen LogP contribution in [0.4, 0.5) is 0 Å². The van der Waals surface area contributed by atoms with Crippen molar-refractivity contribution < 1.29 is 58.5 Å². The molecule has 0 saturated carbocycles. The lowest BCUT2D eigenvalue weighted by atomic mass is 10.0. The first-order valence-corrected chi connectivity index (χ1v) is 10.8. The van der Waals surface area contributed by atoms with E-state index in [1.165, 1.54) is 24.3 Å². The van der Waals surface area contributed by atoms with Gasteiger partial charge in [0.05, 0.1) is 6.61 Å². The van der Waals surface area contributed by atoms with Crippen LogP contribution in [0.2, 0.25) is 0 Å². The molecule has 1 saturated heterocycles. The number of aliphatic hydroxyl groups excluding tert-OH is 1. The highest BCUT2D eigenvalue weighted by Crippen LogP contribution is 2.44. The number of hydrogen-bond donors (Lipinski definition) is 5. The Labute approximate surface area is 207 Å². The van der Waals surface area contributed by atoms with Gasteiger partial charge in [-0.05, 0) is 24.3 Å². The molecule has 5 N–H and O–H groups in total. The molecular formula is C24H22O13. The molecule has 4 atom stereocenters. The predicted octanol–water partition coefficient (Wildman–Crippen LogP) is 1.24. The van der Waals surface area contributed by atoms with Crippen molar-refractivity contribution in [3.63, 3.8) is 0 Å². The van der Waals surface area contributed by atoms with E-state index in [0.717, 1.165) is 19.9 Å². The van der Waals surface area contributed by atoms with E-state index in [0.29, 0.717) is 0 Å². The van der Waals surface area contributed by atoms with Crippen LogP contribution in [-0.4, -0.2) is 68.7 Å². The minimum Gasteiger partial charge on any atom is -0.508 e. The van der Waals surface area contributed by atoms with Crippen LogP contribution in [0.15, 0.2) is 39.5 Å². The van der Waals surface area contributed by atoms with Gasteiger partial charge in [-0.15, -0.1) is 0 Å². The Morgan fingerprint density at radius 1 is 0.946 bits per heavy atom. The summed E-state index contributed by atoms with van der Waals surface area (Å²) >= 11 is 0. The van der Waals surface area contributed by atoms with Crippen LogP contribution < -0.4 is 10.2 Å². The first-order chi connectivity index (χ1) is 17.5. The molecule has 1 aliphatic heterocycles. The monoisotopic (exact) mass is 518 g/mol. The van der Waals surface area contributed by atoms with Gasteiger partial charge in [0.25, 0.3) is 0 Å². The third kappa shape index (κ3) is 4.94. The number of carbonyl (C=O) groups excluding carboxylic acids is 2. The Kier molecular flexibility index (Phi) is 6.83. The van der Waals surface area contributed by atoms with Crippen molar-refractivity contribution in [2.24, 2.45) is 0 Å². The SMILES string of the molecule is CC(=O)O[C@@H]1[C@H](Oc2c(O)cc(O)c3c(=O)c(O)c(-c4ccc(O)cc4)oc23)OC[C@@H](O)[C@@H]1OC(C)=O. The van der Waals surface area contributed by atoms with E-state index in [4.69, 9.17) is 23.4 Å². The molecule has 196 valence electrons. The fraction of sp³-hybridized carbons (Fsp3) is 0.292. The summed E-state index contributed by atoms with van der Waals surface area (Å²) in [6.07, 6.45) is -5.91. The topological polar surface area (TPSA) is 202 Å². The van der Waals surface area contributed by atoms with E-state index in [1.807, 2.05) is 0 Å². The Balaban J connectivity index is 1.86. The van der Waals surface area contributed by atoms with Gasteiger partial charge in [-0.3, -0.25) is 14.4 Å². The zero-order valence-corrected chi connectivity index (χ0v) is 19.4. The first-order valence-electron chi connectivity index (χ1n) is 10.8. The van der Waals surface area contributed by atoms with Gasteiger partial charge in [-0.2, -0.15) is 0 Å². The number of benzene rings is 2. The van der Waals surface area contributed by atoms with Crippen molar-refractivity contribution in [1.29, 1.82) is 0 Å². The van der Waals surface area contributed by atoms with Crippen molar-refractivity contribution in [3.8, 4) is 40.1 Å². The van der Waals surface area contributed by atoms with E-state index in [9.17, 15) is 39.9 Å². The van der Waals surface area contributed by atoms with Crippen LogP contribution in [0.5, 0.6) is 28.7 Å². The predicted molar refractivity (Wildman–Crippen MR) is 122 cm³/mol. The van der Waals surface area contributed by atoms with Crippen LogP contribution >= 0.6 is 0 Å².